The Morgan fingerprint density at radius 1 is 1.46 bits per heavy atom. The number of carboxylic acid groups (broad SMARTS) is 1. The number of hydrogen-bond acceptors (Lipinski definition) is 2. The third-order valence-corrected chi connectivity index (χ3v) is 1.43. The van der Waals surface area contributed by atoms with E-state index in [0.717, 1.165) is 0 Å². The third kappa shape index (κ3) is 5.16. The van der Waals surface area contributed by atoms with Crippen molar-refractivity contribution in [3.8, 4) is 5.75 Å². The van der Waals surface area contributed by atoms with Crippen LogP contribution in [0.15, 0.2) is 24.3 Å². The molecule has 0 radical (unpaired) electrons. The van der Waals surface area contributed by atoms with Crippen LogP contribution < -0.4 is 34.3 Å². The summed E-state index contributed by atoms with van der Waals surface area (Å²) in [7, 11) is 0. The maximum atomic E-state index is 10.1. The molecular weight excluding hydrogens is 203 g/mol. The second-order valence-corrected chi connectivity index (χ2v) is 2.57. The maximum absolute atomic E-state index is 10.1. The van der Waals surface area contributed by atoms with Crippen LogP contribution in [0.4, 0.5) is 0 Å². The van der Waals surface area contributed by atoms with Gasteiger partial charge in [-0.3, -0.25) is 0 Å². The fraction of sp³-hybridized carbons (Fsp3) is 0.125. The van der Waals surface area contributed by atoms with Gasteiger partial charge in [-0.05, 0) is 24.3 Å². The van der Waals surface area contributed by atoms with Gasteiger partial charge in [0.1, 0.15) is 5.75 Å². The van der Waals surface area contributed by atoms with Crippen LogP contribution in [-0.4, -0.2) is 17.7 Å². The first-order valence-corrected chi connectivity index (χ1v) is 3.66. The topological polar surface area (TPSA) is 46.5 Å². The quantitative estimate of drug-likeness (QED) is 0.646. The average molecular weight is 211 g/mol. The van der Waals surface area contributed by atoms with Crippen LogP contribution in [0.25, 0.3) is 0 Å². The summed E-state index contributed by atoms with van der Waals surface area (Å²) in [5.74, 6) is -0.494. The van der Waals surface area contributed by atoms with Gasteiger partial charge in [0, 0.05) is 5.02 Å². The molecule has 0 fully saturated rings. The van der Waals surface area contributed by atoms with Crippen molar-refractivity contribution in [3.05, 3.63) is 29.3 Å². The van der Waals surface area contributed by atoms with Crippen molar-refractivity contribution in [1.82, 2.24) is 0 Å². The molecule has 0 amide bonds. The van der Waals surface area contributed by atoms with Crippen LogP contribution in [0.1, 0.15) is 1.43 Å². The number of hydrogen-bond donors (Lipinski definition) is 1. The van der Waals surface area contributed by atoms with Crippen LogP contribution in [0.2, 0.25) is 5.02 Å². The Bertz CT molecular complexity index is 278. The zero-order valence-corrected chi connectivity index (χ0v) is 9.91. The summed E-state index contributed by atoms with van der Waals surface area (Å²) in [6, 6.07) is 6.51. The monoisotopic (exact) mass is 210 g/mol. The summed E-state index contributed by atoms with van der Waals surface area (Å²) in [4.78, 5) is 10.1. The maximum Gasteiger partial charge on any atom is 1.00 e. The van der Waals surface area contributed by atoms with Gasteiger partial charge in [-0.25, -0.2) is 4.79 Å². The first-order valence-electron chi connectivity index (χ1n) is 3.28. The van der Waals surface area contributed by atoms with Crippen molar-refractivity contribution in [3.63, 3.8) is 0 Å². The smallest absolute Gasteiger partial charge is 1.00 e. The molecule has 0 aliphatic rings. The summed E-state index contributed by atoms with van der Waals surface area (Å²) >= 11 is 5.60. The Hall–Kier alpha value is -0.220. The SMILES string of the molecule is O=C(O)COc1ccc(Cl)cc1.[H-].[Na+]. The largest absolute Gasteiger partial charge is 1.00 e. The Morgan fingerprint density at radius 2 is 2.00 bits per heavy atom. The molecule has 0 atom stereocenters. The van der Waals surface area contributed by atoms with E-state index in [1.807, 2.05) is 0 Å². The molecule has 0 unspecified atom stereocenters. The molecule has 66 valence electrons. The molecule has 1 N–H and O–H groups in total. The Morgan fingerprint density at radius 3 is 2.46 bits per heavy atom. The van der Waals surface area contributed by atoms with Crippen LogP contribution in [0, 0.1) is 0 Å². The van der Waals surface area contributed by atoms with Crippen molar-refractivity contribution < 1.29 is 45.6 Å². The zero-order valence-electron chi connectivity index (χ0n) is 8.16. The number of ether oxygens (including phenoxy) is 1. The molecule has 0 aromatic heterocycles. The van der Waals surface area contributed by atoms with E-state index in [0.29, 0.717) is 10.8 Å². The molecule has 0 heterocycles. The summed E-state index contributed by atoms with van der Waals surface area (Å²) in [5.41, 5.74) is 0. The molecule has 1 rings (SSSR count). The van der Waals surface area contributed by atoms with E-state index < -0.39 is 5.97 Å². The van der Waals surface area contributed by atoms with Gasteiger partial charge in [-0.15, -0.1) is 0 Å². The first kappa shape index (κ1) is 12.8. The number of carboxylic acids is 1. The molecule has 13 heavy (non-hydrogen) atoms. The summed E-state index contributed by atoms with van der Waals surface area (Å²) in [5, 5.41) is 8.87. The molecule has 3 nitrogen and oxygen atoms in total. The molecule has 0 saturated carbocycles. The van der Waals surface area contributed by atoms with E-state index in [9.17, 15) is 4.79 Å². The number of benzene rings is 1. The van der Waals surface area contributed by atoms with Crippen LogP contribution in [0.5, 0.6) is 5.75 Å². The molecule has 1 aromatic rings. The fourth-order valence-electron chi connectivity index (χ4n) is 0.676. The minimum atomic E-state index is -0.995. The van der Waals surface area contributed by atoms with Crippen molar-refractivity contribution >= 4 is 17.6 Å². The molecule has 0 aliphatic heterocycles. The van der Waals surface area contributed by atoms with E-state index in [2.05, 4.69) is 0 Å². The predicted molar refractivity (Wildman–Crippen MR) is 45.7 cm³/mol. The van der Waals surface area contributed by atoms with E-state index in [1.54, 1.807) is 24.3 Å². The Labute approximate surface area is 104 Å². The number of rotatable bonds is 3. The molecule has 1 aromatic carbocycles. The van der Waals surface area contributed by atoms with E-state index >= 15 is 0 Å². The molecule has 0 saturated heterocycles. The van der Waals surface area contributed by atoms with Gasteiger partial charge in [0.25, 0.3) is 0 Å². The number of carbonyl (C=O) groups is 1. The van der Waals surface area contributed by atoms with Crippen molar-refractivity contribution in [2.24, 2.45) is 0 Å². The third-order valence-electron chi connectivity index (χ3n) is 1.18. The van der Waals surface area contributed by atoms with Crippen molar-refractivity contribution in [1.29, 1.82) is 0 Å². The van der Waals surface area contributed by atoms with E-state index in [4.69, 9.17) is 21.4 Å². The first-order chi connectivity index (χ1) is 5.68. The second kappa shape index (κ2) is 6.27. The van der Waals surface area contributed by atoms with Crippen molar-refractivity contribution in [2.45, 2.75) is 0 Å². The van der Waals surface area contributed by atoms with Gasteiger partial charge in [0.15, 0.2) is 6.61 Å². The van der Waals surface area contributed by atoms with Crippen LogP contribution in [-0.2, 0) is 4.79 Å². The van der Waals surface area contributed by atoms with Gasteiger partial charge in [-0.2, -0.15) is 0 Å². The van der Waals surface area contributed by atoms with Gasteiger partial charge >= 0.3 is 35.5 Å². The van der Waals surface area contributed by atoms with Gasteiger partial charge in [0.05, 0.1) is 0 Å². The minimum Gasteiger partial charge on any atom is -1.00 e. The average Bonchev–Trinajstić information content (AvgIpc) is 2.03. The Balaban J connectivity index is 0. The van der Waals surface area contributed by atoms with Crippen LogP contribution >= 0.6 is 11.6 Å². The second-order valence-electron chi connectivity index (χ2n) is 2.14. The van der Waals surface area contributed by atoms with E-state index in [-0.39, 0.29) is 37.6 Å². The normalized spacial score (nSPS) is 8.69. The standard InChI is InChI=1S/C8H7ClO3.Na.H/c9-6-1-3-7(4-2-6)12-5-8(10)11;;/h1-4H,5H2,(H,10,11);;/q;+1;-1. The van der Waals surface area contributed by atoms with Gasteiger partial charge < -0.3 is 11.3 Å². The molecule has 0 aliphatic carbocycles. The Kier molecular flexibility index (Phi) is 6.16. The summed E-state index contributed by atoms with van der Waals surface area (Å²) < 4.78 is 4.86. The molecule has 0 spiro atoms. The van der Waals surface area contributed by atoms with Gasteiger partial charge in [0.2, 0.25) is 0 Å². The number of halogens is 1. The van der Waals surface area contributed by atoms with Crippen molar-refractivity contribution in [2.75, 3.05) is 6.61 Å². The van der Waals surface area contributed by atoms with Gasteiger partial charge in [-0.1, -0.05) is 11.6 Å². The predicted octanol–water partition coefficient (Wildman–Crippen LogP) is -1.08. The molecular formula is C8H8ClNaO3. The molecule has 0 bridgehead atoms. The summed E-state index contributed by atoms with van der Waals surface area (Å²) in [6.07, 6.45) is 0. The summed E-state index contributed by atoms with van der Waals surface area (Å²) in [6.45, 7) is -0.332. The zero-order chi connectivity index (χ0) is 8.97. The van der Waals surface area contributed by atoms with E-state index in [1.165, 1.54) is 0 Å². The molecule has 5 heteroatoms. The van der Waals surface area contributed by atoms with Crippen LogP contribution in [0.3, 0.4) is 0 Å². The fourth-order valence-corrected chi connectivity index (χ4v) is 0.802. The number of aliphatic carboxylic acids is 1. The minimum absolute atomic E-state index is 0.